The van der Waals surface area contributed by atoms with Crippen molar-refractivity contribution < 1.29 is 14.0 Å². The predicted octanol–water partition coefficient (Wildman–Crippen LogP) is 3.88. The first kappa shape index (κ1) is 19.9. The third kappa shape index (κ3) is 4.54. The lowest BCUT2D eigenvalue weighted by molar-refractivity contribution is -0.704. The fraction of sp³-hybridized carbons (Fsp3) is 0.286. The Morgan fingerprint density at radius 3 is 2.43 bits per heavy atom. The van der Waals surface area contributed by atoms with Crippen molar-refractivity contribution in [2.45, 2.75) is 43.4 Å². The van der Waals surface area contributed by atoms with E-state index < -0.39 is 10.9 Å². The van der Waals surface area contributed by atoms with Gasteiger partial charge in [-0.15, -0.1) is 0 Å². The van der Waals surface area contributed by atoms with Crippen LogP contribution in [-0.2, 0) is 4.79 Å². The minimum Gasteiger partial charge on any atom is -0.325 e. The Morgan fingerprint density at radius 1 is 1.14 bits per heavy atom. The number of nitrogens with zero attached hydrogens (tertiary/aromatic N) is 1. The smallest absolute Gasteiger partial charge is 0.325 e. The highest BCUT2D eigenvalue weighted by molar-refractivity contribution is 8.00. The van der Waals surface area contributed by atoms with Crippen LogP contribution in [0.5, 0.6) is 0 Å². The molecule has 0 spiro atoms. The van der Waals surface area contributed by atoms with E-state index in [2.05, 4.69) is 24.4 Å². The van der Waals surface area contributed by atoms with E-state index in [1.165, 1.54) is 17.3 Å². The second-order valence-corrected chi connectivity index (χ2v) is 7.93. The topological polar surface area (TPSA) is 79.0 Å². The van der Waals surface area contributed by atoms with Crippen LogP contribution >= 0.6 is 11.8 Å². The molecule has 0 aliphatic heterocycles. The number of benzene rings is 2. The molecule has 7 heteroatoms. The average molecular weight is 399 g/mol. The van der Waals surface area contributed by atoms with E-state index in [9.17, 15) is 9.59 Å². The Morgan fingerprint density at radius 2 is 1.82 bits per heavy atom. The van der Waals surface area contributed by atoms with E-state index in [1.54, 1.807) is 4.68 Å². The lowest BCUT2D eigenvalue weighted by Crippen LogP contribution is -2.37. The molecule has 1 heterocycles. The number of carbonyl (C=O) groups excluding carboxylic acids is 1. The van der Waals surface area contributed by atoms with Gasteiger partial charge < -0.3 is 5.32 Å². The second kappa shape index (κ2) is 8.93. The molecule has 1 atom stereocenters. The second-order valence-electron chi connectivity index (χ2n) is 6.74. The highest BCUT2D eigenvalue weighted by Crippen LogP contribution is 2.23. The minimum absolute atomic E-state index is 0.148. The summed E-state index contributed by atoms with van der Waals surface area (Å²) in [5.74, 6) is 0.287. The van der Waals surface area contributed by atoms with E-state index in [4.69, 9.17) is 4.52 Å². The molecule has 0 aliphatic rings. The zero-order valence-corrected chi connectivity index (χ0v) is 17.0. The molecule has 6 nitrogen and oxygen atoms in total. The van der Waals surface area contributed by atoms with Crippen molar-refractivity contribution in [2.24, 2.45) is 0 Å². The van der Waals surface area contributed by atoms with Crippen molar-refractivity contribution in [3.05, 3.63) is 70.6 Å². The van der Waals surface area contributed by atoms with Crippen molar-refractivity contribution in [1.82, 2.24) is 5.27 Å². The number of nitrogens with one attached hydrogen (secondary N) is 2. The lowest BCUT2D eigenvalue weighted by atomic mass is 10.0. The molecular weight excluding hydrogens is 374 g/mol. The quantitative estimate of drug-likeness (QED) is 0.468. The zero-order chi connectivity index (χ0) is 20.1. The normalized spacial score (nSPS) is 12.1. The van der Waals surface area contributed by atoms with Crippen molar-refractivity contribution in [3.8, 4) is 5.69 Å². The van der Waals surface area contributed by atoms with Gasteiger partial charge in [-0.25, -0.2) is 4.79 Å². The van der Waals surface area contributed by atoms with Gasteiger partial charge in [-0.05, 0) is 51.7 Å². The van der Waals surface area contributed by atoms with Gasteiger partial charge in [-0.3, -0.25) is 9.32 Å². The molecule has 0 aliphatic carbocycles. The summed E-state index contributed by atoms with van der Waals surface area (Å²) < 4.78 is 6.51. The molecule has 3 aromatic rings. The molecule has 1 amide bonds. The number of anilines is 1. The summed E-state index contributed by atoms with van der Waals surface area (Å²) in [6, 6.07) is 17.2. The summed E-state index contributed by atoms with van der Waals surface area (Å²) in [6.45, 7) is 6.17. The van der Waals surface area contributed by atoms with Gasteiger partial charge in [-0.1, -0.05) is 51.1 Å². The van der Waals surface area contributed by atoms with E-state index in [0.717, 1.165) is 11.4 Å². The Bertz CT molecular complexity index is 978. The molecule has 28 heavy (non-hydrogen) atoms. The Hall–Kier alpha value is -2.80. The molecule has 3 rings (SSSR count). The summed E-state index contributed by atoms with van der Waals surface area (Å²) in [4.78, 5) is 24.9. The number of aromatic nitrogens is 2. The van der Waals surface area contributed by atoms with Crippen LogP contribution in [0, 0.1) is 0 Å². The molecule has 0 saturated heterocycles. The maximum absolute atomic E-state index is 12.8. The predicted molar refractivity (Wildman–Crippen MR) is 110 cm³/mol. The minimum atomic E-state index is -0.499. The molecule has 1 aromatic heterocycles. The third-order valence-electron chi connectivity index (χ3n) is 4.38. The van der Waals surface area contributed by atoms with Crippen molar-refractivity contribution >= 4 is 23.4 Å². The summed E-state index contributed by atoms with van der Waals surface area (Å²) >= 11 is 1.19. The highest BCUT2D eigenvalue weighted by Gasteiger charge is 2.30. The number of amides is 1. The van der Waals surface area contributed by atoms with Crippen molar-refractivity contribution in [1.29, 1.82) is 0 Å². The van der Waals surface area contributed by atoms with E-state index in [1.807, 2.05) is 61.5 Å². The number of carbonyl (C=O) groups is 1. The summed E-state index contributed by atoms with van der Waals surface area (Å²) in [5, 5.41) is 5.44. The maximum Gasteiger partial charge on any atom is 0.442 e. The number of hydrogen-bond donors (Lipinski definition) is 2. The first-order valence-electron chi connectivity index (χ1n) is 9.26. The van der Waals surface area contributed by atoms with Crippen molar-refractivity contribution in [2.75, 3.05) is 5.32 Å². The van der Waals surface area contributed by atoms with Gasteiger partial charge in [0.1, 0.15) is 0 Å². The molecule has 0 saturated carbocycles. The number of H-pyrrole nitrogens is 1. The largest absolute Gasteiger partial charge is 0.442 e. The Kier molecular flexibility index (Phi) is 6.36. The maximum atomic E-state index is 12.8. The first-order chi connectivity index (χ1) is 13.5. The van der Waals surface area contributed by atoms with Gasteiger partial charge >= 0.3 is 10.7 Å². The van der Waals surface area contributed by atoms with Crippen LogP contribution in [0.15, 0.2) is 68.9 Å². The van der Waals surface area contributed by atoms with Crippen LogP contribution in [0.25, 0.3) is 5.69 Å². The number of aromatic amines is 1. The molecule has 0 bridgehead atoms. The zero-order valence-electron chi connectivity index (χ0n) is 16.1. The van der Waals surface area contributed by atoms with Crippen LogP contribution in [0.4, 0.5) is 5.69 Å². The van der Waals surface area contributed by atoms with Crippen LogP contribution in [-0.4, -0.2) is 16.4 Å². The first-order valence-corrected chi connectivity index (χ1v) is 10.1. The number of thioether (sulfide) groups is 1. The van der Waals surface area contributed by atoms with E-state index in [-0.39, 0.29) is 5.91 Å². The fourth-order valence-electron chi connectivity index (χ4n) is 2.74. The van der Waals surface area contributed by atoms with Gasteiger partial charge in [0.25, 0.3) is 0 Å². The van der Waals surface area contributed by atoms with Crippen LogP contribution in [0.1, 0.15) is 38.7 Å². The summed E-state index contributed by atoms with van der Waals surface area (Å²) in [5.41, 5.74) is 2.22. The van der Waals surface area contributed by atoms with Gasteiger partial charge in [0, 0.05) is 17.8 Å². The van der Waals surface area contributed by atoms with Gasteiger partial charge in [-0.2, -0.15) is 0 Å². The lowest BCUT2D eigenvalue weighted by Gasteiger charge is -2.13. The van der Waals surface area contributed by atoms with Crippen LogP contribution < -0.4 is 15.6 Å². The molecule has 0 radical (unpaired) electrons. The van der Waals surface area contributed by atoms with Gasteiger partial charge in [0.2, 0.25) is 11.6 Å². The number of para-hydroxylation sites is 1. The molecule has 146 valence electrons. The third-order valence-corrected chi connectivity index (χ3v) is 5.79. The molecular formula is C21H24N3O3S+. The summed E-state index contributed by atoms with van der Waals surface area (Å²) in [6.07, 6.45) is 0.569. The van der Waals surface area contributed by atoms with Crippen molar-refractivity contribution in [3.63, 3.8) is 0 Å². The van der Waals surface area contributed by atoms with Gasteiger partial charge in [0.15, 0.2) is 0 Å². The Balaban J connectivity index is 1.77. The number of rotatable bonds is 7. The van der Waals surface area contributed by atoms with Crippen LogP contribution in [0.2, 0.25) is 0 Å². The summed E-state index contributed by atoms with van der Waals surface area (Å²) in [7, 11) is 0. The molecule has 2 aromatic carbocycles. The van der Waals surface area contributed by atoms with Gasteiger partial charge in [0.05, 0.1) is 5.25 Å². The highest BCUT2D eigenvalue weighted by atomic mass is 32.2. The molecule has 1 unspecified atom stereocenters. The van der Waals surface area contributed by atoms with Crippen LogP contribution in [0.3, 0.4) is 0 Å². The molecule has 0 fully saturated rings. The number of hydrogen-bond acceptors (Lipinski definition) is 4. The molecule has 2 N–H and O–H groups in total. The standard InChI is InChI=1S/C21H23N3O3S/c1-4-18(19(25)22-16-12-10-15(11-13-16)14(2)3)28-20-21(26)27-23-24(20)17-8-6-5-7-9-17/h5-14,18H,4H2,1-3H3,(H-,22,23,25,26)/p+1. The SMILES string of the molecule is CCC(Sc1c(=O)o[nH][n+]1-c1ccccc1)C(=O)Nc1ccc(C(C)C)cc1. The van der Waals surface area contributed by atoms with E-state index in [0.29, 0.717) is 17.4 Å². The Labute approximate surface area is 167 Å². The fourth-order valence-corrected chi connectivity index (χ4v) is 3.73. The van der Waals surface area contributed by atoms with E-state index >= 15 is 0 Å². The average Bonchev–Trinajstić information content (AvgIpc) is 3.07. The monoisotopic (exact) mass is 398 g/mol.